The molecule has 34 heavy (non-hydrogen) atoms. The standard InChI is InChI=1S/C29H56O5/c1-3-4-5-6-7-8-9-10-11-12-13-14-15-16-18-22-25-34-29(32)28(31)27(2)26-33-24-21-19-17-20-23-30/h28,30-31H,2-26H2,1H3. The Morgan fingerprint density at radius 1 is 0.676 bits per heavy atom. The lowest BCUT2D eigenvalue weighted by Crippen LogP contribution is -2.27. The van der Waals surface area contributed by atoms with Crippen LogP contribution in [-0.2, 0) is 14.3 Å². The third-order valence-corrected chi connectivity index (χ3v) is 6.34. The third-order valence-electron chi connectivity index (χ3n) is 6.34. The van der Waals surface area contributed by atoms with Crippen molar-refractivity contribution >= 4 is 5.97 Å². The average Bonchev–Trinajstić information content (AvgIpc) is 2.84. The highest BCUT2D eigenvalue weighted by molar-refractivity contribution is 5.77. The van der Waals surface area contributed by atoms with Crippen molar-refractivity contribution in [1.82, 2.24) is 0 Å². The van der Waals surface area contributed by atoms with E-state index in [1.165, 1.54) is 89.9 Å². The molecule has 0 amide bonds. The van der Waals surface area contributed by atoms with Crippen molar-refractivity contribution in [3.63, 3.8) is 0 Å². The van der Waals surface area contributed by atoms with E-state index >= 15 is 0 Å². The molecule has 0 aromatic heterocycles. The molecule has 1 unspecified atom stereocenters. The Balaban J connectivity index is 3.39. The Morgan fingerprint density at radius 3 is 1.56 bits per heavy atom. The summed E-state index contributed by atoms with van der Waals surface area (Å²) in [5, 5.41) is 18.7. The second-order valence-corrected chi connectivity index (χ2v) is 9.72. The second-order valence-electron chi connectivity index (χ2n) is 9.72. The lowest BCUT2D eigenvalue weighted by molar-refractivity contribution is -0.151. The quantitative estimate of drug-likeness (QED) is 0.0728. The molecule has 0 aliphatic heterocycles. The normalized spacial score (nSPS) is 12.1. The minimum Gasteiger partial charge on any atom is -0.464 e. The number of esters is 1. The number of aliphatic hydroxyl groups is 2. The van der Waals surface area contributed by atoms with Crippen LogP contribution in [0.15, 0.2) is 12.2 Å². The van der Waals surface area contributed by atoms with Gasteiger partial charge in [-0.1, -0.05) is 123 Å². The fourth-order valence-electron chi connectivity index (χ4n) is 4.02. The number of aliphatic hydroxyl groups excluding tert-OH is 2. The topological polar surface area (TPSA) is 76.0 Å². The molecular weight excluding hydrogens is 428 g/mol. The molecule has 0 aliphatic rings. The molecule has 0 spiro atoms. The molecule has 0 rings (SSSR count). The Hall–Kier alpha value is -0.910. The molecule has 0 radical (unpaired) electrons. The first-order valence-electron chi connectivity index (χ1n) is 14.3. The maximum atomic E-state index is 11.9. The molecule has 5 nitrogen and oxygen atoms in total. The zero-order chi connectivity index (χ0) is 25.1. The molecule has 0 saturated carbocycles. The first-order valence-corrected chi connectivity index (χ1v) is 14.3. The van der Waals surface area contributed by atoms with Gasteiger partial charge in [0.15, 0.2) is 6.10 Å². The van der Waals surface area contributed by atoms with E-state index in [1.807, 2.05) is 0 Å². The number of carbonyl (C=O) groups excluding carboxylic acids is 1. The zero-order valence-electron chi connectivity index (χ0n) is 22.4. The van der Waals surface area contributed by atoms with Gasteiger partial charge >= 0.3 is 5.97 Å². The van der Waals surface area contributed by atoms with Crippen LogP contribution < -0.4 is 0 Å². The van der Waals surface area contributed by atoms with Crippen molar-refractivity contribution in [3.8, 4) is 0 Å². The number of hydrogen-bond acceptors (Lipinski definition) is 5. The van der Waals surface area contributed by atoms with Gasteiger partial charge in [0.1, 0.15) is 0 Å². The molecule has 0 saturated heterocycles. The predicted molar refractivity (Wildman–Crippen MR) is 142 cm³/mol. The summed E-state index contributed by atoms with van der Waals surface area (Å²) in [6.45, 7) is 7.32. The van der Waals surface area contributed by atoms with E-state index in [2.05, 4.69) is 13.5 Å². The van der Waals surface area contributed by atoms with Gasteiger partial charge in [0.25, 0.3) is 0 Å². The minimum atomic E-state index is -1.31. The smallest absolute Gasteiger partial charge is 0.339 e. The molecule has 0 aromatic rings. The summed E-state index contributed by atoms with van der Waals surface area (Å²) < 4.78 is 10.6. The Labute approximate surface area is 210 Å². The molecule has 5 heteroatoms. The third kappa shape index (κ3) is 22.9. The maximum absolute atomic E-state index is 11.9. The van der Waals surface area contributed by atoms with E-state index in [4.69, 9.17) is 14.6 Å². The van der Waals surface area contributed by atoms with Gasteiger partial charge in [-0.2, -0.15) is 0 Å². The molecule has 202 valence electrons. The molecule has 2 N–H and O–H groups in total. The van der Waals surface area contributed by atoms with Crippen LogP contribution >= 0.6 is 0 Å². The largest absolute Gasteiger partial charge is 0.464 e. The fraction of sp³-hybridized carbons (Fsp3) is 0.897. The van der Waals surface area contributed by atoms with Crippen LogP contribution in [0.25, 0.3) is 0 Å². The average molecular weight is 485 g/mol. The first-order chi connectivity index (χ1) is 16.6. The van der Waals surface area contributed by atoms with Gasteiger partial charge in [-0.25, -0.2) is 4.79 Å². The van der Waals surface area contributed by atoms with Gasteiger partial charge in [-0.05, 0) is 24.8 Å². The number of unbranched alkanes of at least 4 members (excludes halogenated alkanes) is 18. The van der Waals surface area contributed by atoms with Crippen molar-refractivity contribution in [2.75, 3.05) is 26.4 Å². The minimum absolute atomic E-state index is 0.162. The predicted octanol–water partition coefficient (Wildman–Crippen LogP) is 7.28. The lowest BCUT2D eigenvalue weighted by atomic mass is 10.0. The van der Waals surface area contributed by atoms with Crippen LogP contribution in [0.3, 0.4) is 0 Å². The molecule has 0 fully saturated rings. The molecule has 0 bridgehead atoms. The van der Waals surface area contributed by atoms with E-state index in [0.29, 0.717) is 18.8 Å². The van der Waals surface area contributed by atoms with E-state index in [1.54, 1.807) is 0 Å². The SMILES string of the molecule is C=C(COCCCCCCO)C(O)C(=O)OCCCCCCCCCCCCCCCCCC. The summed E-state index contributed by atoms with van der Waals surface area (Å²) in [5.41, 5.74) is 0.340. The highest BCUT2D eigenvalue weighted by Crippen LogP contribution is 2.14. The Bertz CT molecular complexity index is 452. The number of ether oxygens (including phenoxy) is 2. The van der Waals surface area contributed by atoms with Crippen molar-refractivity contribution in [2.45, 2.75) is 141 Å². The van der Waals surface area contributed by atoms with Gasteiger partial charge in [0.2, 0.25) is 0 Å². The number of rotatable bonds is 27. The Morgan fingerprint density at radius 2 is 1.09 bits per heavy atom. The molecule has 0 heterocycles. The number of hydrogen-bond donors (Lipinski definition) is 2. The summed E-state index contributed by atoms with van der Waals surface area (Å²) in [6, 6.07) is 0. The van der Waals surface area contributed by atoms with E-state index < -0.39 is 12.1 Å². The summed E-state index contributed by atoms with van der Waals surface area (Å²) in [7, 11) is 0. The van der Waals surface area contributed by atoms with Gasteiger partial charge in [-0.15, -0.1) is 0 Å². The van der Waals surface area contributed by atoms with Crippen LogP contribution in [0.4, 0.5) is 0 Å². The van der Waals surface area contributed by atoms with Crippen molar-refractivity contribution in [3.05, 3.63) is 12.2 Å². The van der Waals surface area contributed by atoms with E-state index in [-0.39, 0.29) is 13.2 Å². The van der Waals surface area contributed by atoms with Gasteiger partial charge in [0.05, 0.1) is 13.2 Å². The van der Waals surface area contributed by atoms with Crippen LogP contribution in [-0.4, -0.2) is 48.7 Å². The number of carbonyl (C=O) groups is 1. The van der Waals surface area contributed by atoms with E-state index in [0.717, 1.165) is 38.5 Å². The van der Waals surface area contributed by atoms with Crippen molar-refractivity contribution in [1.29, 1.82) is 0 Å². The van der Waals surface area contributed by atoms with Gasteiger partial charge in [0, 0.05) is 13.2 Å². The molecule has 1 atom stereocenters. The molecule has 0 aliphatic carbocycles. The molecular formula is C29H56O5. The fourth-order valence-corrected chi connectivity index (χ4v) is 4.02. The van der Waals surface area contributed by atoms with Gasteiger partial charge < -0.3 is 19.7 Å². The summed E-state index contributed by atoms with van der Waals surface area (Å²) in [5.74, 6) is -0.627. The van der Waals surface area contributed by atoms with Crippen molar-refractivity contribution < 1.29 is 24.5 Å². The van der Waals surface area contributed by atoms with Crippen LogP contribution in [0.5, 0.6) is 0 Å². The molecule has 0 aromatic carbocycles. The monoisotopic (exact) mass is 484 g/mol. The highest BCUT2D eigenvalue weighted by Gasteiger charge is 2.19. The zero-order valence-corrected chi connectivity index (χ0v) is 22.4. The summed E-state index contributed by atoms with van der Waals surface area (Å²) in [6.07, 6.45) is 23.3. The van der Waals surface area contributed by atoms with E-state index in [9.17, 15) is 9.90 Å². The van der Waals surface area contributed by atoms with Crippen LogP contribution in [0.2, 0.25) is 0 Å². The second kappa shape index (κ2) is 26.7. The van der Waals surface area contributed by atoms with Crippen LogP contribution in [0.1, 0.15) is 135 Å². The Kier molecular flexibility index (Phi) is 26.0. The highest BCUT2D eigenvalue weighted by atomic mass is 16.5. The summed E-state index contributed by atoms with van der Waals surface area (Å²) in [4.78, 5) is 11.9. The lowest BCUT2D eigenvalue weighted by Gasteiger charge is -2.13. The van der Waals surface area contributed by atoms with Crippen LogP contribution in [0, 0.1) is 0 Å². The first kappa shape index (κ1) is 33.1. The van der Waals surface area contributed by atoms with Crippen molar-refractivity contribution in [2.24, 2.45) is 0 Å². The summed E-state index contributed by atoms with van der Waals surface area (Å²) >= 11 is 0. The van der Waals surface area contributed by atoms with Gasteiger partial charge in [-0.3, -0.25) is 0 Å². The maximum Gasteiger partial charge on any atom is 0.339 e.